The molecule has 8 aromatic rings. The van der Waals surface area contributed by atoms with Crippen LogP contribution in [-0.2, 0) is 0 Å². The molecule has 16 heteroatoms. The summed E-state index contributed by atoms with van der Waals surface area (Å²) in [5.74, 6) is 1.57. The van der Waals surface area contributed by atoms with E-state index >= 15 is 0 Å². The number of nitrogen functional groups attached to an aromatic ring is 4. The quantitative estimate of drug-likeness (QED) is 0.112. The van der Waals surface area contributed by atoms with E-state index in [-0.39, 0.29) is 14.9 Å². The predicted molar refractivity (Wildman–Crippen MR) is 229 cm³/mol. The highest BCUT2D eigenvalue weighted by atomic mass is 16.5. The Balaban J connectivity index is -0.000000588. The number of anilines is 4. The third-order valence-corrected chi connectivity index (χ3v) is 5.11. The van der Waals surface area contributed by atoms with Gasteiger partial charge in [-0.2, -0.15) is 0 Å². The molecule has 0 saturated heterocycles. The van der Waals surface area contributed by atoms with Gasteiger partial charge < -0.3 is 41.0 Å². The average Bonchev–Trinajstić information content (AvgIpc) is 3.98. The van der Waals surface area contributed by atoms with Gasteiger partial charge in [0, 0.05) is 24.8 Å². The van der Waals surface area contributed by atoms with Gasteiger partial charge in [-0.05, 0) is 48.5 Å². The summed E-state index contributed by atoms with van der Waals surface area (Å²) in [6.45, 7) is 20.8. The van der Waals surface area contributed by atoms with Gasteiger partial charge in [0.1, 0.15) is 0 Å². The zero-order valence-corrected chi connectivity index (χ0v) is 32.6. The zero-order chi connectivity index (χ0) is 40.0. The molecule has 0 aliphatic heterocycles. The second kappa shape index (κ2) is 32.3. The Morgan fingerprint density at radius 3 is 0.691 bits per heavy atom. The van der Waals surface area contributed by atoms with Crippen molar-refractivity contribution >= 4 is 67.7 Å². The lowest BCUT2D eigenvalue weighted by atomic mass is 10.3. The highest BCUT2D eigenvalue weighted by Crippen LogP contribution is 2.18. The minimum Gasteiger partial charge on any atom is -0.380 e. The maximum atomic E-state index is 5.43. The molecule has 304 valence electrons. The third kappa shape index (κ3) is 18.3. The molecular formula is C39H64N12O4. The second-order valence-electron chi connectivity index (χ2n) is 9.82. The SMILES string of the molecule is C.C.CC.CC.CCC.CCC.CCC.Nc1noc2ncccc12.Nc1noc2ncccc12.Nc1noc2ncccc12.Nc1noc2ncccc12. The van der Waals surface area contributed by atoms with E-state index in [1.54, 1.807) is 49.1 Å². The standard InChI is InChI=1S/4C6H5N3O.3C3H8.2C2H6.2CH4/c4*7-5-4-2-1-3-8-6(4)10-9-5;3*1-3-2;2*1-2;;/h4*1-3H,(H2,7,9);3*3H2,1-2H3;2*1-2H3;2*1H4. The summed E-state index contributed by atoms with van der Waals surface area (Å²) in [7, 11) is 0. The molecule has 0 spiro atoms. The van der Waals surface area contributed by atoms with Crippen molar-refractivity contribution < 1.29 is 18.1 Å². The number of rotatable bonds is 0. The van der Waals surface area contributed by atoms with Gasteiger partial charge in [0.05, 0.1) is 21.5 Å². The number of pyridine rings is 4. The van der Waals surface area contributed by atoms with Crippen LogP contribution in [0, 0.1) is 0 Å². The number of hydrogen-bond acceptors (Lipinski definition) is 16. The molecule has 0 aliphatic rings. The van der Waals surface area contributed by atoms with Gasteiger partial charge in [-0.25, -0.2) is 19.9 Å². The normalized spacial score (nSPS) is 8.76. The summed E-state index contributed by atoms with van der Waals surface area (Å²) in [6.07, 6.45) is 10.3. The largest absolute Gasteiger partial charge is 0.380 e. The molecule has 0 radical (unpaired) electrons. The van der Waals surface area contributed by atoms with Crippen molar-refractivity contribution in [3.8, 4) is 0 Å². The van der Waals surface area contributed by atoms with Gasteiger partial charge in [0.15, 0.2) is 23.3 Å². The number of aromatic nitrogens is 8. The van der Waals surface area contributed by atoms with Crippen molar-refractivity contribution in [1.29, 1.82) is 0 Å². The molecule has 0 fully saturated rings. The van der Waals surface area contributed by atoms with Crippen LogP contribution >= 0.6 is 0 Å². The molecule has 8 heterocycles. The lowest BCUT2D eigenvalue weighted by Crippen LogP contribution is -1.82. The van der Waals surface area contributed by atoms with Gasteiger partial charge in [-0.15, -0.1) is 0 Å². The van der Waals surface area contributed by atoms with Crippen LogP contribution in [0.2, 0.25) is 0 Å². The van der Waals surface area contributed by atoms with Crippen LogP contribution < -0.4 is 22.9 Å². The summed E-state index contributed by atoms with van der Waals surface area (Å²) >= 11 is 0. The maximum Gasteiger partial charge on any atom is 0.259 e. The third-order valence-electron chi connectivity index (χ3n) is 5.11. The van der Waals surface area contributed by atoms with E-state index in [1.807, 2.05) is 52.0 Å². The Kier molecular flexibility index (Phi) is 31.2. The summed E-state index contributed by atoms with van der Waals surface area (Å²) in [4.78, 5) is 15.6. The van der Waals surface area contributed by atoms with Crippen LogP contribution in [0.3, 0.4) is 0 Å². The van der Waals surface area contributed by atoms with Gasteiger partial charge >= 0.3 is 0 Å². The Bertz CT molecular complexity index is 1760. The van der Waals surface area contributed by atoms with E-state index in [0.29, 0.717) is 46.1 Å². The van der Waals surface area contributed by atoms with Crippen LogP contribution in [0.1, 0.15) is 103 Å². The van der Waals surface area contributed by atoms with Crippen LogP contribution in [0.15, 0.2) is 91.4 Å². The molecule has 8 N–H and O–H groups in total. The Morgan fingerprint density at radius 2 is 0.545 bits per heavy atom. The van der Waals surface area contributed by atoms with Gasteiger partial charge in [-0.1, -0.05) is 124 Å². The number of fused-ring (bicyclic) bond motifs is 4. The molecule has 0 unspecified atom stereocenters. The van der Waals surface area contributed by atoms with E-state index in [0.717, 1.165) is 21.5 Å². The first-order valence-electron chi connectivity index (χ1n) is 17.6. The summed E-state index contributed by atoms with van der Waals surface area (Å²) in [5, 5.41) is 17.2. The highest BCUT2D eigenvalue weighted by Gasteiger charge is 2.04. The number of nitrogens with zero attached hydrogens (tertiary/aromatic N) is 8. The zero-order valence-electron chi connectivity index (χ0n) is 32.6. The van der Waals surface area contributed by atoms with Crippen LogP contribution in [0.5, 0.6) is 0 Å². The van der Waals surface area contributed by atoms with E-state index < -0.39 is 0 Å². The highest BCUT2D eigenvalue weighted by molar-refractivity contribution is 5.85. The van der Waals surface area contributed by atoms with Gasteiger partial charge in [-0.3, -0.25) is 0 Å². The van der Waals surface area contributed by atoms with E-state index in [4.69, 9.17) is 41.0 Å². The summed E-state index contributed by atoms with van der Waals surface area (Å²) < 4.78 is 19.1. The number of nitrogens with two attached hydrogens (primary N) is 4. The van der Waals surface area contributed by atoms with Crippen molar-refractivity contribution in [1.82, 2.24) is 40.6 Å². The van der Waals surface area contributed by atoms with Crippen LogP contribution in [0.4, 0.5) is 23.3 Å². The fourth-order valence-corrected chi connectivity index (χ4v) is 3.20. The maximum absolute atomic E-state index is 5.43. The van der Waals surface area contributed by atoms with Crippen LogP contribution in [0.25, 0.3) is 44.4 Å². The molecule has 0 aromatic carbocycles. The molecule has 16 nitrogen and oxygen atoms in total. The summed E-state index contributed by atoms with van der Waals surface area (Å²) in [6, 6.07) is 14.4. The van der Waals surface area contributed by atoms with E-state index in [1.165, 1.54) is 19.3 Å². The number of hydrogen-bond donors (Lipinski definition) is 4. The van der Waals surface area contributed by atoms with Crippen molar-refractivity contribution in [3.63, 3.8) is 0 Å². The predicted octanol–water partition coefficient (Wildman–Crippen LogP) is 10.8. The lowest BCUT2D eigenvalue weighted by molar-refractivity contribution is 0.452. The van der Waals surface area contributed by atoms with E-state index in [9.17, 15) is 0 Å². The molecule has 0 bridgehead atoms. The van der Waals surface area contributed by atoms with Gasteiger partial charge in [0.2, 0.25) is 0 Å². The topological polar surface area (TPSA) is 260 Å². The monoisotopic (exact) mass is 765 g/mol. The van der Waals surface area contributed by atoms with Gasteiger partial charge in [0.25, 0.3) is 22.9 Å². The van der Waals surface area contributed by atoms with Crippen molar-refractivity contribution in [2.24, 2.45) is 0 Å². The molecule has 0 atom stereocenters. The fourth-order valence-electron chi connectivity index (χ4n) is 3.20. The molecule has 8 rings (SSSR count). The first kappa shape index (κ1) is 53.0. The Morgan fingerprint density at radius 1 is 0.382 bits per heavy atom. The molecule has 8 aromatic heterocycles. The van der Waals surface area contributed by atoms with Crippen LogP contribution in [-0.4, -0.2) is 40.6 Å². The fraction of sp³-hybridized carbons (Fsp3) is 0.385. The molecule has 55 heavy (non-hydrogen) atoms. The molecule has 0 amide bonds. The molecular weight excluding hydrogens is 701 g/mol. The first-order chi connectivity index (χ1) is 25.8. The van der Waals surface area contributed by atoms with Crippen molar-refractivity contribution in [2.45, 2.75) is 103 Å². The minimum absolute atomic E-state index is 0. The average molecular weight is 765 g/mol. The summed E-state index contributed by atoms with van der Waals surface area (Å²) in [5.41, 5.74) is 23.7. The second-order valence-corrected chi connectivity index (χ2v) is 9.82. The lowest BCUT2D eigenvalue weighted by Gasteiger charge is -1.81. The Labute approximate surface area is 325 Å². The smallest absolute Gasteiger partial charge is 0.259 e. The first-order valence-corrected chi connectivity index (χ1v) is 17.6. The minimum atomic E-state index is 0. The molecule has 0 saturated carbocycles. The Hall–Kier alpha value is -6.32. The van der Waals surface area contributed by atoms with E-state index in [2.05, 4.69) is 82.1 Å². The van der Waals surface area contributed by atoms with Crippen molar-refractivity contribution in [2.75, 3.05) is 22.9 Å². The molecule has 0 aliphatic carbocycles. The van der Waals surface area contributed by atoms with Crippen molar-refractivity contribution in [3.05, 3.63) is 73.3 Å².